The zero-order valence-electron chi connectivity index (χ0n) is 10.4. The van der Waals surface area contributed by atoms with E-state index in [1.807, 2.05) is 24.3 Å². The van der Waals surface area contributed by atoms with Crippen molar-refractivity contribution in [3.05, 3.63) is 46.3 Å². The highest BCUT2D eigenvalue weighted by Crippen LogP contribution is 2.27. The summed E-state index contributed by atoms with van der Waals surface area (Å²) in [5.41, 5.74) is 1.01. The lowest BCUT2D eigenvalue weighted by Gasteiger charge is -2.25. The second-order valence-electron chi connectivity index (χ2n) is 4.50. The first-order chi connectivity index (χ1) is 9.54. The molecule has 2 aromatic rings. The number of thiophene rings is 1. The lowest BCUT2D eigenvalue weighted by atomic mass is 10.0. The van der Waals surface area contributed by atoms with E-state index in [0.717, 1.165) is 22.6 Å². The van der Waals surface area contributed by atoms with Crippen molar-refractivity contribution < 1.29 is 13.2 Å². The van der Waals surface area contributed by atoms with Gasteiger partial charge in [-0.15, -0.1) is 11.3 Å². The minimum Gasteiger partial charge on any atom is -0.492 e. The summed E-state index contributed by atoms with van der Waals surface area (Å²) < 4.78 is 33.3. The first-order valence-corrected chi connectivity index (χ1v) is 8.71. The Morgan fingerprint density at radius 3 is 2.80 bits per heavy atom. The fraction of sp³-hybridized carbons (Fsp3) is 0.231. The van der Waals surface area contributed by atoms with Gasteiger partial charge in [0, 0.05) is 0 Å². The Labute approximate surface area is 126 Å². The molecule has 1 aromatic heterocycles. The number of hydrogen-bond donors (Lipinski definition) is 1. The summed E-state index contributed by atoms with van der Waals surface area (Å²) in [7, 11) is -3.54. The predicted molar refractivity (Wildman–Crippen MR) is 79.1 cm³/mol. The highest BCUT2D eigenvalue weighted by molar-refractivity contribution is 7.91. The molecule has 0 radical (unpaired) electrons. The van der Waals surface area contributed by atoms with Crippen molar-refractivity contribution in [2.24, 2.45) is 0 Å². The van der Waals surface area contributed by atoms with E-state index in [-0.39, 0.29) is 10.3 Å². The molecule has 0 bridgehead atoms. The fourth-order valence-corrected chi connectivity index (χ4v) is 4.84. The third-order valence-corrected chi connectivity index (χ3v) is 6.26. The third kappa shape index (κ3) is 2.83. The van der Waals surface area contributed by atoms with Crippen LogP contribution in [0.1, 0.15) is 5.56 Å². The predicted octanol–water partition coefficient (Wildman–Crippen LogP) is 2.68. The highest BCUT2D eigenvalue weighted by atomic mass is 35.5. The molecule has 106 valence electrons. The van der Waals surface area contributed by atoms with E-state index in [4.69, 9.17) is 16.3 Å². The number of benzene rings is 1. The topological polar surface area (TPSA) is 55.4 Å². The minimum absolute atomic E-state index is 0.223. The van der Waals surface area contributed by atoms with Crippen LogP contribution in [0.3, 0.4) is 0 Å². The summed E-state index contributed by atoms with van der Waals surface area (Å²) >= 11 is 6.82. The van der Waals surface area contributed by atoms with Crippen LogP contribution < -0.4 is 9.46 Å². The van der Waals surface area contributed by atoms with E-state index in [9.17, 15) is 8.42 Å². The van der Waals surface area contributed by atoms with E-state index in [1.165, 1.54) is 6.07 Å². The molecule has 0 aliphatic carbocycles. The average Bonchev–Trinajstić information content (AvgIpc) is 2.86. The van der Waals surface area contributed by atoms with Crippen molar-refractivity contribution in [3.8, 4) is 5.75 Å². The van der Waals surface area contributed by atoms with Crippen LogP contribution >= 0.6 is 22.9 Å². The van der Waals surface area contributed by atoms with Gasteiger partial charge in [0.15, 0.2) is 0 Å². The number of sulfonamides is 1. The summed E-state index contributed by atoms with van der Waals surface area (Å²) in [5, 5.41) is 0. The number of ether oxygens (including phenoxy) is 1. The summed E-state index contributed by atoms with van der Waals surface area (Å²) in [6.07, 6.45) is 0.620. The molecule has 3 rings (SSSR count). The van der Waals surface area contributed by atoms with E-state index >= 15 is 0 Å². The largest absolute Gasteiger partial charge is 0.492 e. The van der Waals surface area contributed by atoms with Gasteiger partial charge in [-0.1, -0.05) is 29.8 Å². The molecular formula is C13H12ClNO3S2. The minimum atomic E-state index is -3.54. The second-order valence-corrected chi connectivity index (χ2v) is 8.16. The smallest absolute Gasteiger partial charge is 0.250 e. The summed E-state index contributed by atoms with van der Waals surface area (Å²) in [6.45, 7) is 0.329. The maximum Gasteiger partial charge on any atom is 0.250 e. The normalized spacial score (nSPS) is 18.4. The Kier molecular flexibility index (Phi) is 3.72. The number of fused-ring (bicyclic) bond motifs is 1. The Bertz CT molecular complexity index is 727. The lowest BCUT2D eigenvalue weighted by molar-refractivity contribution is 0.254. The van der Waals surface area contributed by atoms with E-state index in [2.05, 4.69) is 4.72 Å². The molecule has 0 saturated heterocycles. The quantitative estimate of drug-likeness (QED) is 0.942. The van der Waals surface area contributed by atoms with Gasteiger partial charge < -0.3 is 4.74 Å². The molecule has 0 spiro atoms. The summed E-state index contributed by atoms with van der Waals surface area (Å²) in [5.74, 6) is 0.821. The molecular weight excluding hydrogens is 318 g/mol. The molecule has 20 heavy (non-hydrogen) atoms. The molecule has 0 unspecified atom stereocenters. The molecule has 1 aliphatic rings. The molecule has 7 heteroatoms. The zero-order chi connectivity index (χ0) is 14.2. The van der Waals surface area contributed by atoms with Gasteiger partial charge in [-0.05, 0) is 30.2 Å². The van der Waals surface area contributed by atoms with Crippen molar-refractivity contribution in [1.82, 2.24) is 4.72 Å². The van der Waals surface area contributed by atoms with Gasteiger partial charge in [-0.2, -0.15) is 0 Å². The third-order valence-electron chi connectivity index (χ3n) is 3.01. The van der Waals surface area contributed by atoms with Crippen LogP contribution in [0.4, 0.5) is 0 Å². The first-order valence-electron chi connectivity index (χ1n) is 6.03. The maximum atomic E-state index is 12.2. The van der Waals surface area contributed by atoms with Crippen molar-refractivity contribution >= 4 is 33.0 Å². The maximum absolute atomic E-state index is 12.2. The van der Waals surface area contributed by atoms with Crippen molar-refractivity contribution in [3.63, 3.8) is 0 Å². The Morgan fingerprint density at radius 1 is 1.25 bits per heavy atom. The number of hydrogen-bond acceptors (Lipinski definition) is 4. The molecule has 0 amide bonds. The number of rotatable bonds is 3. The summed E-state index contributed by atoms with van der Waals surface area (Å²) in [6, 6.07) is 10.5. The van der Waals surface area contributed by atoms with Crippen LogP contribution in [-0.4, -0.2) is 21.1 Å². The molecule has 1 N–H and O–H groups in total. The van der Waals surface area contributed by atoms with Gasteiger partial charge in [0.2, 0.25) is 10.0 Å². The standard InChI is InChI=1S/C13H12ClNO3S2/c14-12-5-6-13(19-12)20(16,17)15-10-7-9-3-1-2-4-11(9)18-8-10/h1-6,10,15H,7-8H2/t10-/m1/s1. The van der Waals surface area contributed by atoms with E-state index < -0.39 is 10.0 Å². The van der Waals surface area contributed by atoms with Crippen molar-refractivity contribution in [2.45, 2.75) is 16.7 Å². The van der Waals surface area contributed by atoms with Crippen LogP contribution in [0.15, 0.2) is 40.6 Å². The molecule has 1 aromatic carbocycles. The molecule has 0 saturated carbocycles. The van der Waals surface area contributed by atoms with Crippen LogP contribution in [0.25, 0.3) is 0 Å². The lowest BCUT2D eigenvalue weighted by Crippen LogP contribution is -2.42. The Hall–Kier alpha value is -1.08. The van der Waals surface area contributed by atoms with Gasteiger partial charge in [-0.25, -0.2) is 13.1 Å². The summed E-state index contributed by atoms with van der Waals surface area (Å²) in [4.78, 5) is 0. The monoisotopic (exact) mass is 329 g/mol. The van der Waals surface area contributed by atoms with E-state index in [0.29, 0.717) is 17.4 Å². The van der Waals surface area contributed by atoms with Crippen LogP contribution in [-0.2, 0) is 16.4 Å². The van der Waals surface area contributed by atoms with Crippen molar-refractivity contribution in [2.75, 3.05) is 6.61 Å². The molecule has 2 heterocycles. The van der Waals surface area contributed by atoms with Crippen LogP contribution in [0.2, 0.25) is 4.34 Å². The van der Waals surface area contributed by atoms with Gasteiger partial charge in [0.05, 0.1) is 10.4 Å². The SMILES string of the molecule is O=S(=O)(N[C@H]1COc2ccccc2C1)c1ccc(Cl)s1. The van der Waals surface area contributed by atoms with E-state index in [1.54, 1.807) is 6.07 Å². The molecule has 0 fully saturated rings. The number of nitrogens with one attached hydrogen (secondary N) is 1. The van der Waals surface area contributed by atoms with Crippen LogP contribution in [0, 0.1) is 0 Å². The fourth-order valence-electron chi connectivity index (χ4n) is 2.12. The van der Waals surface area contributed by atoms with Gasteiger partial charge in [0.1, 0.15) is 16.6 Å². The molecule has 1 atom stereocenters. The number of halogens is 1. The molecule has 1 aliphatic heterocycles. The van der Waals surface area contributed by atoms with Gasteiger partial charge in [-0.3, -0.25) is 0 Å². The number of para-hydroxylation sites is 1. The molecule has 4 nitrogen and oxygen atoms in total. The Balaban J connectivity index is 1.77. The highest BCUT2D eigenvalue weighted by Gasteiger charge is 2.26. The van der Waals surface area contributed by atoms with Crippen molar-refractivity contribution in [1.29, 1.82) is 0 Å². The first kappa shape index (κ1) is 13.9. The second kappa shape index (κ2) is 5.37. The zero-order valence-corrected chi connectivity index (χ0v) is 12.8. The van der Waals surface area contributed by atoms with Gasteiger partial charge in [0.25, 0.3) is 0 Å². The van der Waals surface area contributed by atoms with Gasteiger partial charge >= 0.3 is 0 Å². The Morgan fingerprint density at radius 2 is 2.05 bits per heavy atom. The average molecular weight is 330 g/mol. The van der Waals surface area contributed by atoms with Crippen LogP contribution in [0.5, 0.6) is 5.75 Å².